The Kier molecular flexibility index (Phi) is 51.5. The Labute approximate surface area is 417 Å². The van der Waals surface area contributed by atoms with E-state index in [0.29, 0.717) is 19.3 Å². The predicted octanol–water partition coefficient (Wildman–Crippen LogP) is 18.3. The van der Waals surface area contributed by atoms with Crippen molar-refractivity contribution in [3.63, 3.8) is 0 Å². The fourth-order valence-corrected chi connectivity index (χ4v) is 6.91. The zero-order valence-electron chi connectivity index (χ0n) is 43.6. The van der Waals surface area contributed by atoms with E-state index >= 15 is 0 Å². The van der Waals surface area contributed by atoms with Crippen molar-refractivity contribution in [2.45, 2.75) is 226 Å². The number of hydrogen-bond acceptors (Lipinski definition) is 6. The Hall–Kier alpha value is -4.45. The first-order valence-corrected chi connectivity index (χ1v) is 27.2. The Morgan fingerprint density at radius 1 is 0.309 bits per heavy atom. The van der Waals surface area contributed by atoms with Gasteiger partial charge in [-0.25, -0.2) is 0 Å². The Bertz CT molecular complexity index is 1500. The van der Waals surface area contributed by atoms with Crippen LogP contribution in [0, 0.1) is 0 Å². The molecule has 0 rings (SSSR count). The summed E-state index contributed by atoms with van der Waals surface area (Å²) in [6, 6.07) is 0. The Balaban J connectivity index is 4.61. The second kappa shape index (κ2) is 55.1. The van der Waals surface area contributed by atoms with Gasteiger partial charge in [0, 0.05) is 19.3 Å². The van der Waals surface area contributed by atoms with Gasteiger partial charge in [0.1, 0.15) is 13.2 Å². The fourth-order valence-electron chi connectivity index (χ4n) is 6.91. The molecule has 0 saturated carbocycles. The molecule has 0 aromatic carbocycles. The van der Waals surface area contributed by atoms with Crippen LogP contribution in [0.5, 0.6) is 0 Å². The highest BCUT2D eigenvalue weighted by atomic mass is 16.6. The average Bonchev–Trinajstić information content (AvgIpc) is 3.34. The first-order valence-electron chi connectivity index (χ1n) is 27.2. The van der Waals surface area contributed by atoms with E-state index < -0.39 is 6.10 Å². The number of hydrogen-bond donors (Lipinski definition) is 0. The summed E-state index contributed by atoms with van der Waals surface area (Å²) in [5.41, 5.74) is 0. The molecule has 0 bridgehead atoms. The van der Waals surface area contributed by atoms with Crippen molar-refractivity contribution in [3.8, 4) is 0 Å². The highest BCUT2D eigenvalue weighted by Crippen LogP contribution is 2.14. The van der Waals surface area contributed by atoms with Crippen LogP contribution < -0.4 is 0 Å². The van der Waals surface area contributed by atoms with E-state index in [0.717, 1.165) is 96.3 Å². The summed E-state index contributed by atoms with van der Waals surface area (Å²) in [6.45, 7) is 6.29. The van der Waals surface area contributed by atoms with Gasteiger partial charge in [0.25, 0.3) is 0 Å². The Morgan fingerprint density at radius 2 is 0.603 bits per heavy atom. The van der Waals surface area contributed by atoms with Crippen molar-refractivity contribution in [1.82, 2.24) is 0 Å². The second-order valence-electron chi connectivity index (χ2n) is 17.4. The van der Waals surface area contributed by atoms with Crippen LogP contribution in [0.25, 0.3) is 0 Å². The lowest BCUT2D eigenvalue weighted by atomic mass is 10.0. The molecule has 1 unspecified atom stereocenters. The minimum Gasteiger partial charge on any atom is -0.462 e. The molecule has 0 N–H and O–H groups in total. The fraction of sp³-hybridized carbons (Fsp3) is 0.597. The van der Waals surface area contributed by atoms with Gasteiger partial charge in [0.15, 0.2) is 6.10 Å². The van der Waals surface area contributed by atoms with Crippen molar-refractivity contribution >= 4 is 17.9 Å². The molecule has 0 spiro atoms. The largest absolute Gasteiger partial charge is 0.462 e. The minimum absolute atomic E-state index is 0.127. The number of rotatable bonds is 47. The van der Waals surface area contributed by atoms with Gasteiger partial charge >= 0.3 is 17.9 Å². The van der Waals surface area contributed by atoms with Crippen molar-refractivity contribution in [1.29, 1.82) is 0 Å². The van der Waals surface area contributed by atoms with Crippen molar-refractivity contribution in [2.75, 3.05) is 13.2 Å². The number of carbonyl (C=O) groups excluding carboxylic acids is 3. The van der Waals surface area contributed by atoms with Crippen LogP contribution in [-0.4, -0.2) is 37.2 Å². The summed E-state index contributed by atoms with van der Waals surface area (Å²) >= 11 is 0. The smallest absolute Gasteiger partial charge is 0.306 e. The summed E-state index contributed by atoms with van der Waals surface area (Å²) in [7, 11) is 0. The van der Waals surface area contributed by atoms with Crippen LogP contribution in [0.3, 0.4) is 0 Å². The first-order chi connectivity index (χ1) is 33.5. The molecular weight excluding hydrogens is 841 g/mol. The molecule has 382 valence electrons. The zero-order chi connectivity index (χ0) is 49.3. The molecule has 0 aromatic heterocycles. The molecule has 6 nitrogen and oxygen atoms in total. The number of allylic oxidation sites excluding steroid dienone is 22. The van der Waals surface area contributed by atoms with E-state index in [1.807, 2.05) is 12.2 Å². The van der Waals surface area contributed by atoms with Crippen LogP contribution in [0.2, 0.25) is 0 Å². The molecule has 0 heterocycles. The second-order valence-corrected chi connectivity index (χ2v) is 17.4. The van der Waals surface area contributed by atoms with Crippen LogP contribution in [-0.2, 0) is 28.6 Å². The summed E-state index contributed by atoms with van der Waals surface area (Å²) < 4.78 is 16.7. The van der Waals surface area contributed by atoms with Gasteiger partial charge in [-0.05, 0) is 96.3 Å². The van der Waals surface area contributed by atoms with Crippen LogP contribution in [0.15, 0.2) is 134 Å². The highest BCUT2D eigenvalue weighted by molar-refractivity contribution is 5.71. The minimum atomic E-state index is -0.841. The molecule has 0 fully saturated rings. The normalized spacial score (nSPS) is 13.2. The third-order valence-corrected chi connectivity index (χ3v) is 10.9. The highest BCUT2D eigenvalue weighted by Gasteiger charge is 2.19. The van der Waals surface area contributed by atoms with Crippen molar-refractivity contribution in [3.05, 3.63) is 134 Å². The molecule has 0 saturated heterocycles. The van der Waals surface area contributed by atoms with Crippen molar-refractivity contribution in [2.24, 2.45) is 0 Å². The Morgan fingerprint density at radius 3 is 0.971 bits per heavy atom. The van der Waals surface area contributed by atoms with E-state index in [1.54, 1.807) is 0 Å². The molecule has 0 aromatic rings. The lowest BCUT2D eigenvalue weighted by Crippen LogP contribution is -2.30. The van der Waals surface area contributed by atoms with Crippen LogP contribution in [0.4, 0.5) is 0 Å². The molecule has 0 radical (unpaired) electrons. The average molecular weight is 939 g/mol. The number of ether oxygens (including phenoxy) is 3. The molecule has 6 heteroatoms. The topological polar surface area (TPSA) is 78.9 Å². The lowest BCUT2D eigenvalue weighted by molar-refractivity contribution is -0.166. The standard InChI is InChI=1S/C62H98O6/c1-4-7-10-13-16-19-22-25-28-30-31-33-34-37-40-43-46-49-52-55-61(64)67-58-59(57-66-60(63)54-51-48-45-42-39-36-27-24-21-18-15-12-9-6-3)68-62(65)56-53-50-47-44-41-38-35-32-29-26-23-20-17-14-11-8-5-2/h7-8,10-11,16-17,19-20,25-26,28-29,31,33,35,37-38,40,44,46-47,49,59H,4-6,9,12-15,18,21-24,27,30,32,34,36,39,41-43,45,48,50-58H2,1-3H3/b10-7-,11-8-,19-16-,20-17-,28-25-,29-26-,33-31-,38-35-,40-37-,47-44-,49-46-. The van der Waals surface area contributed by atoms with Crippen LogP contribution in [0.1, 0.15) is 220 Å². The molecule has 0 aliphatic rings. The summed E-state index contributed by atoms with van der Waals surface area (Å²) in [4.78, 5) is 38.0. The van der Waals surface area contributed by atoms with Gasteiger partial charge in [-0.3, -0.25) is 14.4 Å². The quantitative estimate of drug-likeness (QED) is 0.0262. The first kappa shape index (κ1) is 63.5. The number of carbonyl (C=O) groups is 3. The van der Waals surface area contributed by atoms with Gasteiger partial charge in [0.05, 0.1) is 0 Å². The van der Waals surface area contributed by atoms with Gasteiger partial charge in [-0.2, -0.15) is 0 Å². The van der Waals surface area contributed by atoms with E-state index in [1.165, 1.54) is 70.6 Å². The maximum Gasteiger partial charge on any atom is 0.306 e. The lowest BCUT2D eigenvalue weighted by Gasteiger charge is -2.18. The third kappa shape index (κ3) is 52.5. The van der Waals surface area contributed by atoms with E-state index in [-0.39, 0.29) is 44.0 Å². The van der Waals surface area contributed by atoms with E-state index in [4.69, 9.17) is 14.2 Å². The third-order valence-electron chi connectivity index (χ3n) is 10.9. The molecule has 1 atom stereocenters. The molecule has 68 heavy (non-hydrogen) atoms. The summed E-state index contributed by atoms with van der Waals surface area (Å²) in [6.07, 6.45) is 77.4. The van der Waals surface area contributed by atoms with Crippen molar-refractivity contribution < 1.29 is 28.6 Å². The van der Waals surface area contributed by atoms with E-state index in [9.17, 15) is 14.4 Å². The maximum absolute atomic E-state index is 12.8. The molecular formula is C62H98O6. The molecule has 0 aliphatic heterocycles. The maximum atomic E-state index is 12.8. The summed E-state index contributed by atoms with van der Waals surface area (Å²) in [5, 5.41) is 0. The van der Waals surface area contributed by atoms with Crippen LogP contribution >= 0.6 is 0 Å². The number of esters is 3. The SMILES string of the molecule is CC/C=C\C/C=C\C/C=C\C/C=C\C/C=C\C/C=C\CCC(=O)OCC(COC(=O)CCCCCCCCCCCCCCCC)OC(=O)CCC/C=C\C/C=C\C/C=C\C/C=C\C/C=C\CC. The van der Waals surface area contributed by atoms with Gasteiger partial charge in [-0.15, -0.1) is 0 Å². The van der Waals surface area contributed by atoms with E-state index in [2.05, 4.69) is 142 Å². The van der Waals surface area contributed by atoms with Gasteiger partial charge in [-0.1, -0.05) is 238 Å². The summed E-state index contributed by atoms with van der Waals surface area (Å²) in [5.74, 6) is -1.08. The molecule has 0 amide bonds. The molecule has 0 aliphatic carbocycles. The van der Waals surface area contributed by atoms with Gasteiger partial charge < -0.3 is 14.2 Å². The zero-order valence-corrected chi connectivity index (χ0v) is 43.6. The monoisotopic (exact) mass is 939 g/mol. The van der Waals surface area contributed by atoms with Gasteiger partial charge in [0.2, 0.25) is 0 Å². The number of unbranched alkanes of at least 4 members (excludes halogenated alkanes) is 14. The predicted molar refractivity (Wildman–Crippen MR) is 292 cm³/mol.